The molecule has 0 fully saturated rings. The fourth-order valence-corrected chi connectivity index (χ4v) is 11.9. The molecule has 68 heavy (non-hydrogen) atoms. The fraction of sp³-hybridized carbons (Fsp3) is 0.0758. The van der Waals surface area contributed by atoms with Crippen LogP contribution in [0, 0.1) is 5.92 Å². The Kier molecular flexibility index (Phi) is 9.37. The molecule has 0 heterocycles. The van der Waals surface area contributed by atoms with Gasteiger partial charge in [-0.3, -0.25) is 4.99 Å². The number of hydrogen-bond acceptors (Lipinski definition) is 2. The summed E-state index contributed by atoms with van der Waals surface area (Å²) in [7, 11) is 0. The zero-order valence-corrected chi connectivity index (χ0v) is 37.9. The van der Waals surface area contributed by atoms with E-state index in [1.807, 2.05) is 12.1 Å². The molecule has 2 nitrogen and oxygen atoms in total. The van der Waals surface area contributed by atoms with Crippen molar-refractivity contribution in [2.75, 3.05) is 0 Å². The summed E-state index contributed by atoms with van der Waals surface area (Å²) in [5, 5.41) is 7.53. The Balaban J connectivity index is 0.930. The summed E-state index contributed by atoms with van der Waals surface area (Å²) in [4.78, 5) is 5.24. The van der Waals surface area contributed by atoms with Crippen LogP contribution in [0.15, 0.2) is 247 Å². The molecule has 0 saturated heterocycles. The third-order valence-corrected chi connectivity index (χ3v) is 15.0. The molecule has 10 aromatic rings. The van der Waals surface area contributed by atoms with Crippen LogP contribution in [0.2, 0.25) is 0 Å². The second-order valence-electron chi connectivity index (χ2n) is 18.7. The number of aliphatic imine (C=N–C) groups is 1. The predicted octanol–water partition coefficient (Wildman–Crippen LogP) is 16.2. The van der Waals surface area contributed by atoms with Crippen molar-refractivity contribution in [3.8, 4) is 33.4 Å². The van der Waals surface area contributed by atoms with Crippen LogP contribution in [-0.2, 0) is 5.41 Å². The van der Waals surface area contributed by atoms with Crippen LogP contribution in [0.1, 0.15) is 58.3 Å². The summed E-state index contributed by atoms with van der Waals surface area (Å²) in [6.45, 7) is 2.15. The predicted molar refractivity (Wildman–Crippen MR) is 286 cm³/mol. The summed E-state index contributed by atoms with van der Waals surface area (Å²) in [6, 6.07) is 78.0. The van der Waals surface area contributed by atoms with Crippen molar-refractivity contribution < 1.29 is 0 Å². The van der Waals surface area contributed by atoms with Crippen LogP contribution < -0.4 is 5.73 Å². The first-order valence-electron chi connectivity index (χ1n) is 23.9. The number of nitrogens with zero attached hydrogens (tertiary/aromatic N) is 1. The molecule has 2 N–H and O–H groups in total. The molecule has 2 heteroatoms. The van der Waals surface area contributed by atoms with E-state index in [1.165, 1.54) is 105 Å². The fourth-order valence-electron chi connectivity index (χ4n) is 11.9. The number of rotatable bonds is 7. The van der Waals surface area contributed by atoms with Crippen LogP contribution in [-0.4, -0.2) is 5.71 Å². The highest BCUT2D eigenvalue weighted by Crippen LogP contribution is 2.63. The molecule has 0 aromatic heterocycles. The maximum absolute atomic E-state index is 7.13. The van der Waals surface area contributed by atoms with Gasteiger partial charge in [0.15, 0.2) is 0 Å². The maximum atomic E-state index is 7.13. The van der Waals surface area contributed by atoms with Crippen molar-refractivity contribution in [2.45, 2.75) is 24.8 Å². The van der Waals surface area contributed by atoms with E-state index in [-0.39, 0.29) is 17.4 Å². The minimum Gasteiger partial charge on any atom is -0.401 e. The molecule has 3 aliphatic rings. The van der Waals surface area contributed by atoms with Crippen LogP contribution >= 0.6 is 0 Å². The molecule has 3 aliphatic carbocycles. The van der Waals surface area contributed by atoms with E-state index in [0.717, 1.165) is 23.4 Å². The van der Waals surface area contributed by atoms with Crippen molar-refractivity contribution in [3.05, 3.63) is 281 Å². The van der Waals surface area contributed by atoms with Crippen LogP contribution in [0.25, 0.3) is 71.3 Å². The molecule has 322 valence electrons. The van der Waals surface area contributed by atoms with E-state index in [4.69, 9.17) is 10.7 Å². The molecule has 0 bridgehead atoms. The van der Waals surface area contributed by atoms with Crippen molar-refractivity contribution in [3.63, 3.8) is 0 Å². The van der Waals surface area contributed by atoms with Gasteiger partial charge in [-0.1, -0.05) is 218 Å². The molecular weight excluding hydrogens is 821 g/mol. The van der Waals surface area contributed by atoms with Gasteiger partial charge < -0.3 is 5.73 Å². The maximum Gasteiger partial charge on any atom is 0.0728 e. The highest BCUT2D eigenvalue weighted by molar-refractivity contribution is 6.28. The van der Waals surface area contributed by atoms with Crippen molar-refractivity contribution in [1.29, 1.82) is 0 Å². The third kappa shape index (κ3) is 6.14. The van der Waals surface area contributed by atoms with Crippen LogP contribution in [0.4, 0.5) is 0 Å². The van der Waals surface area contributed by atoms with Crippen LogP contribution in [0.5, 0.6) is 0 Å². The first-order valence-corrected chi connectivity index (χ1v) is 23.9. The molecule has 0 aliphatic heterocycles. The van der Waals surface area contributed by atoms with Crippen LogP contribution in [0.3, 0.4) is 0 Å². The van der Waals surface area contributed by atoms with Gasteiger partial charge in [0, 0.05) is 11.6 Å². The number of nitrogens with two attached hydrogens (primary N) is 1. The highest BCUT2D eigenvalue weighted by atomic mass is 14.8. The zero-order chi connectivity index (χ0) is 45.3. The summed E-state index contributed by atoms with van der Waals surface area (Å²) < 4.78 is 0. The first-order chi connectivity index (χ1) is 33.6. The molecule has 0 amide bonds. The van der Waals surface area contributed by atoms with E-state index >= 15 is 0 Å². The highest BCUT2D eigenvalue weighted by Gasteiger charge is 2.51. The lowest BCUT2D eigenvalue weighted by atomic mass is 9.70. The van der Waals surface area contributed by atoms with E-state index in [1.54, 1.807) is 0 Å². The second-order valence-corrected chi connectivity index (χ2v) is 18.7. The number of allylic oxidation sites excluding steroid dienone is 5. The molecule has 1 spiro atoms. The number of benzene rings is 10. The van der Waals surface area contributed by atoms with Crippen molar-refractivity contribution in [1.82, 2.24) is 0 Å². The topological polar surface area (TPSA) is 38.4 Å². The largest absolute Gasteiger partial charge is 0.401 e. The first kappa shape index (κ1) is 40.0. The molecular formula is C66H48N2. The van der Waals surface area contributed by atoms with E-state index in [2.05, 4.69) is 231 Å². The van der Waals surface area contributed by atoms with Gasteiger partial charge >= 0.3 is 0 Å². The van der Waals surface area contributed by atoms with Gasteiger partial charge in [-0.2, -0.15) is 0 Å². The normalized spacial score (nSPS) is 16.1. The van der Waals surface area contributed by atoms with E-state index < -0.39 is 0 Å². The molecule has 10 aromatic carbocycles. The Hall–Kier alpha value is -8.33. The lowest BCUT2D eigenvalue weighted by Gasteiger charge is -2.30. The quantitative estimate of drug-likeness (QED) is 0.126. The number of fused-ring (bicyclic) bond motifs is 16. The number of hydrogen-bond donors (Lipinski definition) is 1. The average Bonchev–Trinajstić information content (AvgIpc) is 3.88. The molecule has 2 atom stereocenters. The summed E-state index contributed by atoms with van der Waals surface area (Å²) >= 11 is 0. The Bertz CT molecular complexity index is 3750. The summed E-state index contributed by atoms with van der Waals surface area (Å²) in [5.41, 5.74) is 26.2. The Morgan fingerprint density at radius 2 is 1.04 bits per heavy atom. The Labute approximate surface area is 397 Å². The minimum atomic E-state index is -0.354. The Morgan fingerprint density at radius 1 is 0.515 bits per heavy atom. The smallest absolute Gasteiger partial charge is 0.0728 e. The molecule has 2 unspecified atom stereocenters. The monoisotopic (exact) mass is 868 g/mol. The van der Waals surface area contributed by atoms with Crippen molar-refractivity contribution in [2.24, 2.45) is 16.6 Å². The van der Waals surface area contributed by atoms with Gasteiger partial charge in [-0.15, -0.1) is 0 Å². The lowest BCUT2D eigenvalue weighted by molar-refractivity contribution is 0.759. The minimum absolute atomic E-state index is 0.0137. The second kappa shape index (κ2) is 15.9. The molecule has 0 saturated carbocycles. The lowest BCUT2D eigenvalue weighted by Crippen LogP contribution is -2.25. The SMILES string of the molecule is CC(N=C(/C=C(\N)C1C=C(c2cccc3c4ccccc4c4cc(-c5ccc6c(c5)-c5ccccc5C65c6ccccc6-c6ccccc65)ccc4c23)C=CC1)c1ccccc1)c1ccccc1. The average molecular weight is 869 g/mol. The standard InChI is InChI=1S/C66H48N2/c1-42(43-18-4-2-5-19-43)68-64(44-20-6-3-7-21-44)41-63(67)48-23-16-22-47(38-48)49-29-17-30-55-50-24-8-9-25-51(50)57-39-45(34-36-56(57)65(49)55)46-35-37-62-58(40-46)54-28-12-15-33-61(54)66(62)59-31-13-10-26-52(59)53-27-11-14-32-60(53)66/h2-22,24-42,48H,23,67H2,1H3/b63-41-,68-64?. The molecule has 13 rings (SSSR count). The van der Waals surface area contributed by atoms with Gasteiger partial charge in [-0.25, -0.2) is 0 Å². The van der Waals surface area contributed by atoms with Gasteiger partial charge in [0.05, 0.1) is 17.2 Å². The Morgan fingerprint density at radius 3 is 1.75 bits per heavy atom. The zero-order valence-electron chi connectivity index (χ0n) is 37.9. The van der Waals surface area contributed by atoms with Gasteiger partial charge in [0.1, 0.15) is 0 Å². The van der Waals surface area contributed by atoms with E-state index in [9.17, 15) is 0 Å². The van der Waals surface area contributed by atoms with Gasteiger partial charge in [0.25, 0.3) is 0 Å². The third-order valence-electron chi connectivity index (χ3n) is 15.0. The summed E-state index contributed by atoms with van der Waals surface area (Å²) in [6.07, 6.45) is 9.86. The molecule has 0 radical (unpaired) electrons. The van der Waals surface area contributed by atoms with Gasteiger partial charge in [0.2, 0.25) is 0 Å². The van der Waals surface area contributed by atoms with E-state index in [0.29, 0.717) is 0 Å². The van der Waals surface area contributed by atoms with Crippen molar-refractivity contribution >= 4 is 43.6 Å². The summed E-state index contributed by atoms with van der Waals surface area (Å²) in [5.74, 6) is 0.0137. The van der Waals surface area contributed by atoms with Gasteiger partial charge in [-0.05, 0) is 142 Å².